The van der Waals surface area contributed by atoms with E-state index in [0.717, 1.165) is 43.0 Å². The van der Waals surface area contributed by atoms with Crippen LogP contribution in [0.4, 0.5) is 0 Å². The summed E-state index contributed by atoms with van der Waals surface area (Å²) in [6.45, 7) is 3.81. The van der Waals surface area contributed by atoms with Gasteiger partial charge in [-0.3, -0.25) is 4.90 Å². The molecule has 6 nitrogen and oxygen atoms in total. The lowest BCUT2D eigenvalue weighted by molar-refractivity contribution is 0.160. The summed E-state index contributed by atoms with van der Waals surface area (Å²) in [5.74, 6) is 2.62. The molecule has 0 fully saturated rings. The van der Waals surface area contributed by atoms with Gasteiger partial charge in [0, 0.05) is 19.1 Å². The van der Waals surface area contributed by atoms with Gasteiger partial charge in [0.2, 0.25) is 11.1 Å². The zero-order valence-corrected chi connectivity index (χ0v) is 20.7. The van der Waals surface area contributed by atoms with Crippen LogP contribution in [-0.4, -0.2) is 37.0 Å². The minimum Gasteiger partial charge on any atom is -0.493 e. The normalized spacial score (nSPS) is 17.7. The van der Waals surface area contributed by atoms with Gasteiger partial charge in [0.15, 0.2) is 23.0 Å². The molecule has 3 aromatic carbocycles. The second-order valence-corrected chi connectivity index (χ2v) is 9.86. The number of benzene rings is 3. The van der Waals surface area contributed by atoms with Gasteiger partial charge in [-0.2, -0.15) is 0 Å². The molecular formula is C27H29NO5S. The van der Waals surface area contributed by atoms with Crippen molar-refractivity contribution >= 4 is 11.1 Å². The molecule has 0 amide bonds. The van der Waals surface area contributed by atoms with E-state index in [2.05, 4.69) is 17.0 Å². The van der Waals surface area contributed by atoms with Gasteiger partial charge in [-0.25, -0.2) is 4.21 Å². The third-order valence-electron chi connectivity index (χ3n) is 6.76. The molecule has 2 unspecified atom stereocenters. The van der Waals surface area contributed by atoms with Crippen molar-refractivity contribution in [2.45, 2.75) is 37.2 Å². The fraction of sp³-hybridized carbons (Fsp3) is 0.333. The van der Waals surface area contributed by atoms with Crippen LogP contribution in [0.15, 0.2) is 53.4 Å². The third kappa shape index (κ3) is 4.14. The van der Waals surface area contributed by atoms with Gasteiger partial charge < -0.3 is 18.4 Å². The fourth-order valence-corrected chi connectivity index (χ4v) is 5.67. The molecule has 0 spiro atoms. The Morgan fingerprint density at radius 2 is 1.44 bits per heavy atom. The average molecular weight is 480 g/mol. The van der Waals surface area contributed by atoms with E-state index in [0.29, 0.717) is 16.4 Å². The average Bonchev–Trinajstić information content (AvgIpc) is 2.86. The van der Waals surface area contributed by atoms with E-state index in [9.17, 15) is 4.21 Å². The van der Waals surface area contributed by atoms with E-state index >= 15 is 0 Å². The summed E-state index contributed by atoms with van der Waals surface area (Å²) in [4.78, 5) is 3.11. The number of hydrogen-bond acceptors (Lipinski definition) is 6. The molecule has 2 aliphatic rings. The molecule has 2 heterocycles. The second-order valence-electron chi connectivity index (χ2n) is 8.75. The zero-order chi connectivity index (χ0) is 23.8. The topological polar surface area (TPSA) is 57.2 Å². The van der Waals surface area contributed by atoms with Crippen LogP contribution in [0.25, 0.3) is 0 Å². The van der Waals surface area contributed by atoms with E-state index in [-0.39, 0.29) is 6.04 Å². The number of fused-ring (bicyclic) bond motifs is 4. The van der Waals surface area contributed by atoms with Crippen molar-refractivity contribution in [2.24, 2.45) is 0 Å². The third-order valence-corrected chi connectivity index (χ3v) is 7.75. The molecular weight excluding hydrogens is 450 g/mol. The van der Waals surface area contributed by atoms with Gasteiger partial charge in [-0.1, -0.05) is 17.7 Å². The minimum atomic E-state index is -1.63. The number of hydrogen-bond donors (Lipinski definition) is 0. The van der Waals surface area contributed by atoms with Crippen LogP contribution in [0.5, 0.6) is 23.0 Å². The van der Waals surface area contributed by atoms with Gasteiger partial charge in [-0.05, 0) is 78.4 Å². The zero-order valence-electron chi connectivity index (χ0n) is 19.9. The van der Waals surface area contributed by atoms with Crippen molar-refractivity contribution in [2.75, 3.05) is 27.9 Å². The Hall–Kier alpha value is -3.03. The maximum absolute atomic E-state index is 12.9. The van der Waals surface area contributed by atoms with E-state index < -0.39 is 11.1 Å². The van der Waals surface area contributed by atoms with Crippen molar-refractivity contribution in [3.8, 4) is 23.0 Å². The first-order chi connectivity index (χ1) is 16.5. The minimum absolute atomic E-state index is 0.204. The van der Waals surface area contributed by atoms with Crippen LogP contribution in [0.1, 0.15) is 33.9 Å². The predicted octanol–water partition coefficient (Wildman–Crippen LogP) is 4.78. The van der Waals surface area contributed by atoms with Crippen molar-refractivity contribution in [3.63, 3.8) is 0 Å². The molecule has 0 aromatic heterocycles. The highest BCUT2D eigenvalue weighted by molar-refractivity contribution is 7.80. The second kappa shape index (κ2) is 9.31. The smallest absolute Gasteiger partial charge is 0.240 e. The lowest BCUT2D eigenvalue weighted by atomic mass is 9.83. The summed E-state index contributed by atoms with van der Waals surface area (Å²) < 4.78 is 35.5. The quantitative estimate of drug-likeness (QED) is 0.507. The van der Waals surface area contributed by atoms with Gasteiger partial charge in [0.05, 0.1) is 26.2 Å². The van der Waals surface area contributed by atoms with Gasteiger partial charge in [-0.15, -0.1) is 0 Å². The first kappa shape index (κ1) is 22.7. The van der Waals surface area contributed by atoms with Gasteiger partial charge >= 0.3 is 0 Å². The number of rotatable bonds is 6. The fourth-order valence-electron chi connectivity index (χ4n) is 4.92. The van der Waals surface area contributed by atoms with E-state index in [1.807, 2.05) is 43.3 Å². The summed E-state index contributed by atoms with van der Waals surface area (Å²) in [6, 6.07) is 16.0. The standard InChI is InChI=1S/C27H29NO5S/c1-17-5-7-21(8-6-17)34(29)33-27-15-22-18(12-26(27)32-4)9-10-28-16-20-14-25(31-3)24(30-2)13-19(20)11-23(22)28/h5-8,12-15,23H,9-11,16H2,1-4H3. The Labute approximate surface area is 203 Å². The molecule has 0 saturated heterocycles. The van der Waals surface area contributed by atoms with Crippen molar-refractivity contribution < 1.29 is 22.6 Å². The molecule has 0 aliphatic carbocycles. The van der Waals surface area contributed by atoms with Crippen LogP contribution < -0.4 is 18.4 Å². The van der Waals surface area contributed by atoms with Crippen LogP contribution in [-0.2, 0) is 30.5 Å². The molecule has 5 rings (SSSR count). The Kier molecular flexibility index (Phi) is 6.23. The highest BCUT2D eigenvalue weighted by Crippen LogP contribution is 2.44. The van der Waals surface area contributed by atoms with Crippen LogP contribution in [0.3, 0.4) is 0 Å². The van der Waals surface area contributed by atoms with Crippen LogP contribution in [0.2, 0.25) is 0 Å². The SMILES string of the molecule is COc1cc2c(cc1OC)CN1CCc3cc(OC)c(OS(=O)c4ccc(C)cc4)cc3C1C2. The number of aryl methyl sites for hydroxylation is 1. The summed E-state index contributed by atoms with van der Waals surface area (Å²) in [7, 11) is 4.96. The van der Waals surface area contributed by atoms with Crippen molar-refractivity contribution in [1.82, 2.24) is 4.90 Å². The van der Waals surface area contributed by atoms with E-state index in [1.165, 1.54) is 22.3 Å². The molecule has 0 radical (unpaired) electrons. The molecule has 0 bridgehead atoms. The number of ether oxygens (including phenoxy) is 3. The Morgan fingerprint density at radius 1 is 0.824 bits per heavy atom. The van der Waals surface area contributed by atoms with Crippen LogP contribution in [0, 0.1) is 6.92 Å². The van der Waals surface area contributed by atoms with Crippen molar-refractivity contribution in [1.29, 1.82) is 0 Å². The van der Waals surface area contributed by atoms with Gasteiger partial charge in [0.25, 0.3) is 0 Å². The molecule has 3 aromatic rings. The lowest BCUT2D eigenvalue weighted by Crippen LogP contribution is -2.39. The first-order valence-electron chi connectivity index (χ1n) is 11.4. The molecule has 34 heavy (non-hydrogen) atoms. The van der Waals surface area contributed by atoms with Gasteiger partial charge in [0.1, 0.15) is 0 Å². The van der Waals surface area contributed by atoms with Crippen LogP contribution >= 0.6 is 0 Å². The molecule has 0 saturated carbocycles. The Morgan fingerprint density at radius 3 is 2.12 bits per heavy atom. The maximum atomic E-state index is 12.9. The Bertz CT molecular complexity index is 1240. The molecule has 2 aliphatic heterocycles. The Balaban J connectivity index is 1.48. The monoisotopic (exact) mass is 479 g/mol. The maximum Gasteiger partial charge on any atom is 0.240 e. The molecule has 7 heteroatoms. The summed E-state index contributed by atoms with van der Waals surface area (Å²) >= 11 is -1.63. The van der Waals surface area contributed by atoms with E-state index in [1.54, 1.807) is 21.3 Å². The lowest BCUT2D eigenvalue weighted by Gasteiger charge is -2.41. The number of methoxy groups -OCH3 is 3. The predicted molar refractivity (Wildman–Crippen MR) is 131 cm³/mol. The highest BCUT2D eigenvalue weighted by Gasteiger charge is 2.34. The summed E-state index contributed by atoms with van der Waals surface area (Å²) in [6.07, 6.45) is 1.78. The molecule has 0 N–H and O–H groups in total. The molecule has 178 valence electrons. The first-order valence-corrected chi connectivity index (χ1v) is 12.4. The molecule has 2 atom stereocenters. The summed E-state index contributed by atoms with van der Waals surface area (Å²) in [5, 5.41) is 0. The largest absolute Gasteiger partial charge is 0.493 e. The highest BCUT2D eigenvalue weighted by atomic mass is 32.2. The van der Waals surface area contributed by atoms with E-state index in [4.69, 9.17) is 18.4 Å². The number of nitrogens with zero attached hydrogens (tertiary/aromatic N) is 1. The van der Waals surface area contributed by atoms with Crippen molar-refractivity contribution in [3.05, 3.63) is 76.3 Å². The summed E-state index contributed by atoms with van der Waals surface area (Å²) in [5.41, 5.74) is 6.08.